The number of hydrogen-bond donors (Lipinski definition) is 0. The van der Waals surface area contributed by atoms with E-state index in [1.165, 1.54) is 4.90 Å². The second kappa shape index (κ2) is 5.51. The molecule has 0 saturated carbocycles. The van der Waals surface area contributed by atoms with Gasteiger partial charge in [0.1, 0.15) is 5.82 Å². The van der Waals surface area contributed by atoms with Gasteiger partial charge in [0.15, 0.2) is 5.65 Å². The van der Waals surface area contributed by atoms with E-state index in [4.69, 9.17) is 0 Å². The minimum Gasteiger partial charge on any atom is -0.354 e. The summed E-state index contributed by atoms with van der Waals surface area (Å²) in [7, 11) is 5.24. The maximum Gasteiger partial charge on any atom is 0.291 e. The lowest BCUT2D eigenvalue weighted by Crippen LogP contribution is -2.34. The number of fused-ring (bicyclic) bond motifs is 1. The molecule has 0 bridgehead atoms. The first-order valence-corrected chi connectivity index (χ1v) is 7.97. The molecule has 112 valence electrons. The Morgan fingerprint density at radius 2 is 2.00 bits per heavy atom. The molecular weight excluding hydrogens is 288 g/mol. The lowest BCUT2D eigenvalue weighted by atomic mass is 10.3. The Balaban J connectivity index is 2.14. The number of carbonyl (C=O) groups is 1. The maximum absolute atomic E-state index is 12.2. The van der Waals surface area contributed by atoms with Crippen LogP contribution in [0, 0.1) is 0 Å². The summed E-state index contributed by atoms with van der Waals surface area (Å²) in [6.07, 6.45) is 1.77. The molecule has 2 aromatic heterocycles. The zero-order valence-electron chi connectivity index (χ0n) is 12.4. The molecule has 3 heterocycles. The van der Waals surface area contributed by atoms with Crippen LogP contribution in [0.15, 0.2) is 6.20 Å². The van der Waals surface area contributed by atoms with Gasteiger partial charge in [0.25, 0.3) is 5.91 Å². The van der Waals surface area contributed by atoms with E-state index in [-0.39, 0.29) is 11.7 Å². The predicted molar refractivity (Wildman–Crippen MR) is 83.9 cm³/mol. The summed E-state index contributed by atoms with van der Waals surface area (Å²) in [6.45, 7) is 1.86. The first-order valence-electron chi connectivity index (χ1n) is 6.82. The van der Waals surface area contributed by atoms with E-state index in [0.29, 0.717) is 5.65 Å². The van der Waals surface area contributed by atoms with Crippen molar-refractivity contribution in [1.29, 1.82) is 0 Å². The van der Waals surface area contributed by atoms with Crippen molar-refractivity contribution < 1.29 is 4.79 Å². The van der Waals surface area contributed by atoms with Crippen LogP contribution in [0.3, 0.4) is 0 Å². The Bertz CT molecular complexity index is 677. The fraction of sp³-hybridized carbons (Fsp3) is 0.538. The molecule has 7 nitrogen and oxygen atoms in total. The molecule has 8 heteroatoms. The Kier molecular flexibility index (Phi) is 3.71. The van der Waals surface area contributed by atoms with Gasteiger partial charge >= 0.3 is 0 Å². The average Bonchev–Trinajstić information content (AvgIpc) is 2.88. The second-order valence-electron chi connectivity index (χ2n) is 5.18. The normalized spacial score (nSPS) is 15.5. The standard InChI is InChI=1S/C13H18N6OS/c1-17(2)13(20)10-15-11-9(8-14-18(11)3)12(16-10)19-4-6-21-7-5-19/h8H,4-7H2,1-3H3. The van der Waals surface area contributed by atoms with Crippen LogP contribution in [-0.4, -0.2) is 69.2 Å². The van der Waals surface area contributed by atoms with Crippen molar-refractivity contribution in [3.63, 3.8) is 0 Å². The van der Waals surface area contributed by atoms with E-state index in [1.54, 1.807) is 25.0 Å². The van der Waals surface area contributed by atoms with Gasteiger partial charge < -0.3 is 9.80 Å². The fourth-order valence-corrected chi connectivity index (χ4v) is 3.22. The van der Waals surface area contributed by atoms with Crippen LogP contribution >= 0.6 is 11.8 Å². The van der Waals surface area contributed by atoms with Crippen LogP contribution in [0.5, 0.6) is 0 Å². The van der Waals surface area contributed by atoms with Crippen molar-refractivity contribution in [3.05, 3.63) is 12.0 Å². The highest BCUT2D eigenvalue weighted by molar-refractivity contribution is 7.99. The van der Waals surface area contributed by atoms with Crippen molar-refractivity contribution in [2.24, 2.45) is 7.05 Å². The van der Waals surface area contributed by atoms with E-state index in [1.807, 2.05) is 18.8 Å². The number of nitrogens with zero attached hydrogens (tertiary/aromatic N) is 6. The van der Waals surface area contributed by atoms with E-state index in [2.05, 4.69) is 20.0 Å². The third kappa shape index (κ3) is 2.55. The minimum atomic E-state index is -0.189. The number of thioether (sulfide) groups is 1. The lowest BCUT2D eigenvalue weighted by molar-refractivity contribution is 0.0816. The first kappa shape index (κ1) is 14.1. The third-order valence-electron chi connectivity index (χ3n) is 3.48. The summed E-state index contributed by atoms with van der Waals surface area (Å²) in [4.78, 5) is 24.8. The minimum absolute atomic E-state index is 0.189. The third-order valence-corrected chi connectivity index (χ3v) is 4.42. The van der Waals surface area contributed by atoms with Crippen LogP contribution in [-0.2, 0) is 7.05 Å². The zero-order chi connectivity index (χ0) is 15.0. The first-order chi connectivity index (χ1) is 10.1. The summed E-state index contributed by atoms with van der Waals surface area (Å²) >= 11 is 1.94. The van der Waals surface area contributed by atoms with E-state index < -0.39 is 0 Å². The Hall–Kier alpha value is -1.83. The van der Waals surface area contributed by atoms with Gasteiger partial charge in [0.2, 0.25) is 5.82 Å². The highest BCUT2D eigenvalue weighted by Crippen LogP contribution is 2.26. The summed E-state index contributed by atoms with van der Waals surface area (Å²) in [6, 6.07) is 0. The van der Waals surface area contributed by atoms with Gasteiger partial charge in [0, 0.05) is 45.7 Å². The van der Waals surface area contributed by atoms with Crippen LogP contribution in [0.1, 0.15) is 10.6 Å². The Morgan fingerprint density at radius 3 is 2.67 bits per heavy atom. The van der Waals surface area contributed by atoms with Crippen LogP contribution < -0.4 is 4.90 Å². The molecule has 0 atom stereocenters. The number of carbonyl (C=O) groups excluding carboxylic acids is 1. The average molecular weight is 306 g/mol. The van der Waals surface area contributed by atoms with Gasteiger partial charge in [0.05, 0.1) is 11.6 Å². The molecule has 0 spiro atoms. The van der Waals surface area contributed by atoms with Crippen LogP contribution in [0.2, 0.25) is 0 Å². The van der Waals surface area contributed by atoms with Crippen molar-refractivity contribution in [2.75, 3.05) is 43.6 Å². The van der Waals surface area contributed by atoms with Gasteiger partial charge in [-0.15, -0.1) is 0 Å². The summed E-state index contributed by atoms with van der Waals surface area (Å²) < 4.78 is 1.69. The quantitative estimate of drug-likeness (QED) is 0.810. The topological polar surface area (TPSA) is 67.2 Å². The molecule has 0 unspecified atom stereocenters. The number of hydrogen-bond acceptors (Lipinski definition) is 6. The van der Waals surface area contributed by atoms with Gasteiger partial charge in [-0.05, 0) is 0 Å². The smallest absolute Gasteiger partial charge is 0.291 e. The monoisotopic (exact) mass is 306 g/mol. The number of aromatic nitrogens is 4. The highest BCUT2D eigenvalue weighted by Gasteiger charge is 2.22. The fourth-order valence-electron chi connectivity index (χ4n) is 2.32. The van der Waals surface area contributed by atoms with E-state index >= 15 is 0 Å². The summed E-state index contributed by atoms with van der Waals surface area (Å²) in [5.74, 6) is 3.00. The molecule has 0 radical (unpaired) electrons. The molecule has 1 amide bonds. The van der Waals surface area contributed by atoms with Crippen molar-refractivity contribution in [2.45, 2.75) is 0 Å². The van der Waals surface area contributed by atoms with Gasteiger partial charge in [-0.3, -0.25) is 9.48 Å². The van der Waals surface area contributed by atoms with Gasteiger partial charge in [-0.25, -0.2) is 9.97 Å². The Morgan fingerprint density at radius 1 is 1.29 bits per heavy atom. The SMILES string of the molecule is CN(C)C(=O)c1nc(N2CCSCC2)c2cnn(C)c2n1. The number of aryl methyl sites for hydroxylation is 1. The molecule has 1 saturated heterocycles. The van der Waals surface area contributed by atoms with Crippen molar-refractivity contribution in [3.8, 4) is 0 Å². The maximum atomic E-state index is 12.2. The van der Waals surface area contributed by atoms with Crippen LogP contribution in [0.25, 0.3) is 11.0 Å². The molecule has 3 rings (SSSR count). The number of rotatable bonds is 2. The summed E-state index contributed by atoms with van der Waals surface area (Å²) in [5, 5.41) is 5.16. The molecule has 1 fully saturated rings. The molecular formula is C13H18N6OS. The zero-order valence-corrected chi connectivity index (χ0v) is 13.2. The van der Waals surface area contributed by atoms with Crippen molar-refractivity contribution >= 4 is 34.5 Å². The largest absolute Gasteiger partial charge is 0.354 e. The molecule has 21 heavy (non-hydrogen) atoms. The Labute approximate surface area is 127 Å². The van der Waals surface area contributed by atoms with Crippen LogP contribution in [0.4, 0.5) is 5.82 Å². The van der Waals surface area contributed by atoms with Gasteiger partial charge in [-0.1, -0.05) is 0 Å². The molecule has 1 aliphatic rings. The predicted octanol–water partition coefficient (Wildman–Crippen LogP) is 0.618. The molecule has 0 N–H and O–H groups in total. The molecule has 0 aliphatic carbocycles. The molecule has 2 aromatic rings. The lowest BCUT2D eigenvalue weighted by Gasteiger charge is -2.28. The summed E-state index contributed by atoms with van der Waals surface area (Å²) in [5.41, 5.74) is 0.698. The van der Waals surface area contributed by atoms with Gasteiger partial charge in [-0.2, -0.15) is 16.9 Å². The van der Waals surface area contributed by atoms with E-state index in [0.717, 1.165) is 35.8 Å². The second-order valence-corrected chi connectivity index (χ2v) is 6.40. The molecule has 1 aliphatic heterocycles. The van der Waals surface area contributed by atoms with Crippen molar-refractivity contribution in [1.82, 2.24) is 24.6 Å². The molecule has 0 aromatic carbocycles. The van der Waals surface area contributed by atoms with E-state index in [9.17, 15) is 4.79 Å². The highest BCUT2D eigenvalue weighted by atomic mass is 32.2. The number of amides is 1. The number of anilines is 1.